The van der Waals surface area contributed by atoms with Crippen LogP contribution in [0.3, 0.4) is 0 Å². The first-order valence-electron chi connectivity index (χ1n) is 7.32. The Labute approximate surface area is 127 Å². The molecular formula is C17H26O4. The van der Waals surface area contributed by atoms with Crippen LogP contribution in [0.2, 0.25) is 0 Å². The molecule has 4 nitrogen and oxygen atoms in total. The van der Waals surface area contributed by atoms with Gasteiger partial charge in [0.1, 0.15) is 11.5 Å². The molecule has 0 aliphatic rings. The Morgan fingerprint density at radius 1 is 1.14 bits per heavy atom. The molecule has 0 aromatic heterocycles. The Bertz CT molecular complexity index is 448. The Morgan fingerprint density at radius 3 is 2.10 bits per heavy atom. The predicted octanol–water partition coefficient (Wildman–Crippen LogP) is 4.04. The number of esters is 1. The molecule has 0 amide bonds. The van der Waals surface area contributed by atoms with E-state index in [1.807, 2.05) is 34.6 Å². The molecule has 0 aliphatic heterocycles. The molecule has 1 aromatic carbocycles. The highest BCUT2D eigenvalue weighted by molar-refractivity contribution is 5.78. The number of hydrogen-bond acceptors (Lipinski definition) is 4. The predicted molar refractivity (Wildman–Crippen MR) is 82.4 cm³/mol. The molecule has 1 aromatic rings. The number of hydrogen-bond donors (Lipinski definition) is 0. The second-order valence-corrected chi connectivity index (χ2v) is 6.06. The molecule has 0 heterocycles. The van der Waals surface area contributed by atoms with Crippen molar-refractivity contribution in [1.29, 1.82) is 0 Å². The van der Waals surface area contributed by atoms with Gasteiger partial charge < -0.3 is 14.2 Å². The standard InChI is InChI=1S/C17H26O4/c1-7-17(4,5)16(18)21-14-10-8-13(9-11-14)20-15(19-6)12(2)3/h8-12,15H,7H2,1-6H3. The molecular weight excluding hydrogens is 268 g/mol. The summed E-state index contributed by atoms with van der Waals surface area (Å²) in [5, 5.41) is 0. The topological polar surface area (TPSA) is 44.8 Å². The van der Waals surface area contributed by atoms with Gasteiger partial charge >= 0.3 is 5.97 Å². The molecule has 0 bridgehead atoms. The third kappa shape index (κ3) is 5.05. The Kier molecular flexibility index (Phi) is 6.21. The first-order valence-corrected chi connectivity index (χ1v) is 7.32. The Balaban J connectivity index is 2.68. The smallest absolute Gasteiger partial charge is 0.316 e. The van der Waals surface area contributed by atoms with E-state index >= 15 is 0 Å². The lowest BCUT2D eigenvalue weighted by molar-refractivity contribution is -0.144. The zero-order chi connectivity index (χ0) is 16.0. The van der Waals surface area contributed by atoms with Crippen LogP contribution in [0.4, 0.5) is 0 Å². The molecule has 0 radical (unpaired) electrons. The van der Waals surface area contributed by atoms with E-state index in [0.29, 0.717) is 11.5 Å². The van der Waals surface area contributed by atoms with E-state index in [4.69, 9.17) is 14.2 Å². The minimum atomic E-state index is -0.478. The molecule has 1 atom stereocenters. The molecule has 0 spiro atoms. The normalized spacial score (nSPS) is 13.1. The molecule has 1 rings (SSSR count). The number of ether oxygens (including phenoxy) is 3. The minimum Gasteiger partial charge on any atom is -0.465 e. The zero-order valence-electron chi connectivity index (χ0n) is 13.8. The number of carbonyl (C=O) groups is 1. The second-order valence-electron chi connectivity index (χ2n) is 6.06. The van der Waals surface area contributed by atoms with E-state index in [1.165, 1.54) is 0 Å². The summed E-state index contributed by atoms with van der Waals surface area (Å²) < 4.78 is 16.4. The van der Waals surface area contributed by atoms with Crippen molar-refractivity contribution in [2.24, 2.45) is 11.3 Å². The van der Waals surface area contributed by atoms with Gasteiger partial charge in [0.05, 0.1) is 5.41 Å². The highest BCUT2D eigenvalue weighted by Gasteiger charge is 2.27. The van der Waals surface area contributed by atoms with Crippen LogP contribution in [0.15, 0.2) is 24.3 Å². The van der Waals surface area contributed by atoms with E-state index in [2.05, 4.69) is 0 Å². The highest BCUT2D eigenvalue weighted by atomic mass is 16.7. The maximum Gasteiger partial charge on any atom is 0.316 e. The number of rotatable bonds is 7. The molecule has 0 saturated carbocycles. The van der Waals surface area contributed by atoms with Crippen LogP contribution < -0.4 is 9.47 Å². The summed E-state index contributed by atoms with van der Waals surface area (Å²) in [4.78, 5) is 12.0. The lowest BCUT2D eigenvalue weighted by Gasteiger charge is -2.21. The van der Waals surface area contributed by atoms with E-state index in [9.17, 15) is 4.79 Å². The van der Waals surface area contributed by atoms with Crippen LogP contribution in [0.5, 0.6) is 11.5 Å². The van der Waals surface area contributed by atoms with E-state index in [1.54, 1.807) is 31.4 Å². The van der Waals surface area contributed by atoms with Crippen molar-refractivity contribution in [2.75, 3.05) is 7.11 Å². The van der Waals surface area contributed by atoms with Gasteiger partial charge in [0.2, 0.25) is 6.29 Å². The van der Waals surface area contributed by atoms with Crippen molar-refractivity contribution < 1.29 is 19.0 Å². The van der Waals surface area contributed by atoms with E-state index < -0.39 is 5.41 Å². The van der Waals surface area contributed by atoms with Gasteiger partial charge in [-0.15, -0.1) is 0 Å². The average molecular weight is 294 g/mol. The first-order chi connectivity index (χ1) is 9.80. The van der Waals surface area contributed by atoms with Crippen LogP contribution in [0, 0.1) is 11.3 Å². The molecule has 4 heteroatoms. The largest absolute Gasteiger partial charge is 0.465 e. The SMILES string of the molecule is CCC(C)(C)C(=O)Oc1ccc(OC(OC)C(C)C)cc1. The summed E-state index contributed by atoms with van der Waals surface area (Å²) in [5.74, 6) is 1.23. The summed E-state index contributed by atoms with van der Waals surface area (Å²) in [6.07, 6.45) is 0.439. The molecule has 0 aliphatic carbocycles. The minimum absolute atomic E-state index is 0.226. The van der Waals surface area contributed by atoms with Crippen LogP contribution in [0.1, 0.15) is 41.0 Å². The Morgan fingerprint density at radius 2 is 1.67 bits per heavy atom. The summed E-state index contributed by atoms with van der Waals surface area (Å²) >= 11 is 0. The fourth-order valence-corrected chi connectivity index (χ4v) is 1.57. The van der Waals surface area contributed by atoms with Gasteiger partial charge in [-0.3, -0.25) is 4.79 Å². The second kappa shape index (κ2) is 7.46. The molecule has 0 saturated heterocycles. The number of methoxy groups -OCH3 is 1. The third-order valence-corrected chi connectivity index (χ3v) is 3.50. The fraction of sp³-hybridized carbons (Fsp3) is 0.588. The maximum absolute atomic E-state index is 12.0. The van der Waals surface area contributed by atoms with Crippen molar-refractivity contribution in [3.63, 3.8) is 0 Å². The monoisotopic (exact) mass is 294 g/mol. The Hall–Kier alpha value is -1.55. The highest BCUT2D eigenvalue weighted by Crippen LogP contribution is 2.25. The summed E-state index contributed by atoms with van der Waals surface area (Å²) in [6.45, 7) is 9.76. The number of carbonyl (C=O) groups excluding carboxylic acids is 1. The van der Waals surface area contributed by atoms with Crippen LogP contribution in [-0.4, -0.2) is 19.4 Å². The van der Waals surface area contributed by atoms with Gasteiger partial charge in [-0.1, -0.05) is 20.8 Å². The summed E-state index contributed by atoms with van der Waals surface area (Å²) in [7, 11) is 1.62. The average Bonchev–Trinajstić information content (AvgIpc) is 2.45. The van der Waals surface area contributed by atoms with Gasteiger partial charge in [-0.05, 0) is 44.5 Å². The van der Waals surface area contributed by atoms with Gasteiger partial charge in [-0.2, -0.15) is 0 Å². The lowest BCUT2D eigenvalue weighted by Crippen LogP contribution is -2.28. The molecule has 1 unspecified atom stereocenters. The molecule has 21 heavy (non-hydrogen) atoms. The van der Waals surface area contributed by atoms with Crippen LogP contribution in [0.25, 0.3) is 0 Å². The van der Waals surface area contributed by atoms with E-state index in [-0.39, 0.29) is 18.2 Å². The van der Waals surface area contributed by atoms with Crippen molar-refractivity contribution in [3.05, 3.63) is 24.3 Å². The van der Waals surface area contributed by atoms with Crippen molar-refractivity contribution in [3.8, 4) is 11.5 Å². The van der Waals surface area contributed by atoms with Gasteiger partial charge in [0, 0.05) is 13.0 Å². The molecule has 0 N–H and O–H groups in total. The van der Waals surface area contributed by atoms with Crippen molar-refractivity contribution in [1.82, 2.24) is 0 Å². The first kappa shape index (κ1) is 17.5. The van der Waals surface area contributed by atoms with Crippen LogP contribution in [-0.2, 0) is 9.53 Å². The van der Waals surface area contributed by atoms with Gasteiger partial charge in [-0.25, -0.2) is 0 Å². The van der Waals surface area contributed by atoms with Crippen LogP contribution >= 0.6 is 0 Å². The quantitative estimate of drug-likeness (QED) is 0.432. The zero-order valence-corrected chi connectivity index (χ0v) is 13.8. The summed E-state index contributed by atoms with van der Waals surface area (Å²) in [6, 6.07) is 7.00. The van der Waals surface area contributed by atoms with Crippen molar-refractivity contribution >= 4 is 5.97 Å². The fourth-order valence-electron chi connectivity index (χ4n) is 1.57. The third-order valence-electron chi connectivity index (χ3n) is 3.50. The van der Waals surface area contributed by atoms with Crippen molar-refractivity contribution in [2.45, 2.75) is 47.3 Å². The molecule has 118 valence electrons. The lowest BCUT2D eigenvalue weighted by atomic mass is 9.91. The van der Waals surface area contributed by atoms with Gasteiger partial charge in [0.15, 0.2) is 0 Å². The summed E-state index contributed by atoms with van der Waals surface area (Å²) in [5.41, 5.74) is -0.478. The van der Waals surface area contributed by atoms with Gasteiger partial charge in [0.25, 0.3) is 0 Å². The molecule has 0 fully saturated rings. The van der Waals surface area contributed by atoms with E-state index in [0.717, 1.165) is 6.42 Å². The maximum atomic E-state index is 12.0. The number of benzene rings is 1.